The molecule has 0 aromatic heterocycles. The number of benzene rings is 2. The quantitative estimate of drug-likeness (QED) is 0.777. The van der Waals surface area contributed by atoms with Crippen molar-refractivity contribution in [2.75, 3.05) is 44.6 Å². The van der Waals surface area contributed by atoms with Gasteiger partial charge in [0, 0.05) is 43.0 Å². The van der Waals surface area contributed by atoms with Gasteiger partial charge in [-0.2, -0.15) is 0 Å². The Morgan fingerprint density at radius 3 is 2.43 bits per heavy atom. The largest absolute Gasteiger partial charge is 0.482 e. The third kappa shape index (κ3) is 5.86. The van der Waals surface area contributed by atoms with E-state index in [9.17, 15) is 9.59 Å². The second-order valence-electron chi connectivity index (χ2n) is 6.43. The van der Waals surface area contributed by atoms with Crippen LogP contribution in [0.25, 0.3) is 0 Å². The summed E-state index contributed by atoms with van der Waals surface area (Å²) in [4.78, 5) is 28.3. The average Bonchev–Trinajstić information content (AvgIpc) is 2.69. The fourth-order valence-corrected chi connectivity index (χ4v) is 3.23. The molecule has 1 heterocycles. The standard InChI is InChI=1S/C20H21Cl2N3O3/c21-15-6-7-17(22)18(12-15)28-14-20(27)25-10-8-24(9-11-25)13-19(26)23-16-4-2-1-3-5-16/h1-7,12H,8-11,13-14H2,(H,23,26). The van der Waals surface area contributed by atoms with Gasteiger partial charge in [0.1, 0.15) is 5.75 Å². The summed E-state index contributed by atoms with van der Waals surface area (Å²) >= 11 is 12.0. The number of ether oxygens (including phenoxy) is 1. The van der Waals surface area contributed by atoms with Crippen molar-refractivity contribution < 1.29 is 14.3 Å². The van der Waals surface area contributed by atoms with E-state index in [1.165, 1.54) is 0 Å². The topological polar surface area (TPSA) is 61.9 Å². The van der Waals surface area contributed by atoms with E-state index < -0.39 is 0 Å². The van der Waals surface area contributed by atoms with Gasteiger partial charge in [-0.1, -0.05) is 41.4 Å². The maximum absolute atomic E-state index is 12.4. The molecular formula is C20H21Cl2N3O3. The molecule has 148 valence electrons. The summed E-state index contributed by atoms with van der Waals surface area (Å²) in [7, 11) is 0. The number of piperazine rings is 1. The third-order valence-electron chi connectivity index (χ3n) is 4.39. The van der Waals surface area contributed by atoms with Crippen molar-refractivity contribution in [1.82, 2.24) is 9.80 Å². The van der Waals surface area contributed by atoms with E-state index >= 15 is 0 Å². The number of amides is 2. The zero-order valence-corrected chi connectivity index (χ0v) is 16.7. The van der Waals surface area contributed by atoms with Crippen LogP contribution < -0.4 is 10.1 Å². The van der Waals surface area contributed by atoms with Gasteiger partial charge < -0.3 is 15.0 Å². The number of nitrogens with zero attached hydrogens (tertiary/aromatic N) is 2. The first-order valence-electron chi connectivity index (χ1n) is 8.94. The van der Waals surface area contributed by atoms with Gasteiger partial charge in [-0.3, -0.25) is 14.5 Å². The Balaban J connectivity index is 1.41. The third-order valence-corrected chi connectivity index (χ3v) is 4.94. The maximum Gasteiger partial charge on any atom is 0.260 e. The molecule has 2 amide bonds. The highest BCUT2D eigenvalue weighted by Crippen LogP contribution is 2.27. The SMILES string of the molecule is O=C(CN1CCN(C(=O)COc2cc(Cl)ccc2Cl)CC1)Nc1ccccc1. The molecule has 8 heteroatoms. The summed E-state index contributed by atoms with van der Waals surface area (Å²) in [5.74, 6) is 0.202. The second kappa shape index (κ2) is 9.78. The first-order chi connectivity index (χ1) is 13.5. The highest BCUT2D eigenvalue weighted by molar-refractivity contribution is 6.34. The monoisotopic (exact) mass is 421 g/mol. The molecule has 1 aliphatic heterocycles. The molecule has 1 N–H and O–H groups in total. The molecule has 1 aliphatic rings. The number of anilines is 1. The van der Waals surface area contributed by atoms with E-state index in [1.807, 2.05) is 35.2 Å². The van der Waals surface area contributed by atoms with Crippen molar-refractivity contribution in [3.05, 3.63) is 58.6 Å². The fraction of sp³-hybridized carbons (Fsp3) is 0.300. The molecule has 0 aliphatic carbocycles. The van der Waals surface area contributed by atoms with Gasteiger partial charge in [0.2, 0.25) is 5.91 Å². The van der Waals surface area contributed by atoms with E-state index in [0.717, 1.165) is 5.69 Å². The lowest BCUT2D eigenvalue weighted by Crippen LogP contribution is -2.51. The van der Waals surface area contributed by atoms with Gasteiger partial charge in [-0.25, -0.2) is 0 Å². The molecule has 0 unspecified atom stereocenters. The summed E-state index contributed by atoms with van der Waals surface area (Å²) < 4.78 is 5.51. The van der Waals surface area contributed by atoms with Crippen LogP contribution in [0.1, 0.15) is 0 Å². The lowest BCUT2D eigenvalue weighted by molar-refractivity contribution is -0.135. The zero-order valence-electron chi connectivity index (χ0n) is 15.2. The van der Waals surface area contributed by atoms with Crippen molar-refractivity contribution in [3.63, 3.8) is 0 Å². The van der Waals surface area contributed by atoms with Crippen LogP contribution in [0.15, 0.2) is 48.5 Å². The smallest absolute Gasteiger partial charge is 0.260 e. The minimum Gasteiger partial charge on any atom is -0.482 e. The van der Waals surface area contributed by atoms with Crippen LogP contribution in [0.3, 0.4) is 0 Å². The predicted molar refractivity (Wildman–Crippen MR) is 110 cm³/mol. The molecule has 1 saturated heterocycles. The Labute approximate surface area is 174 Å². The van der Waals surface area contributed by atoms with Gasteiger partial charge in [0.15, 0.2) is 6.61 Å². The average molecular weight is 422 g/mol. The molecule has 0 atom stereocenters. The van der Waals surface area contributed by atoms with E-state index in [0.29, 0.717) is 48.5 Å². The Kier molecular flexibility index (Phi) is 7.14. The molecule has 0 spiro atoms. The lowest BCUT2D eigenvalue weighted by atomic mass is 10.3. The first-order valence-corrected chi connectivity index (χ1v) is 9.70. The van der Waals surface area contributed by atoms with Gasteiger partial charge in [-0.05, 0) is 24.3 Å². The Morgan fingerprint density at radius 2 is 1.71 bits per heavy atom. The van der Waals surface area contributed by atoms with Gasteiger partial charge in [-0.15, -0.1) is 0 Å². The highest BCUT2D eigenvalue weighted by Gasteiger charge is 2.23. The van der Waals surface area contributed by atoms with E-state index in [2.05, 4.69) is 5.32 Å². The van der Waals surface area contributed by atoms with Crippen LogP contribution in [-0.4, -0.2) is 60.9 Å². The number of hydrogen-bond donors (Lipinski definition) is 1. The molecule has 6 nitrogen and oxygen atoms in total. The molecule has 2 aromatic rings. The van der Waals surface area contributed by atoms with Crippen molar-refractivity contribution in [2.24, 2.45) is 0 Å². The van der Waals surface area contributed by atoms with Crippen LogP contribution >= 0.6 is 23.2 Å². The van der Waals surface area contributed by atoms with E-state index in [4.69, 9.17) is 27.9 Å². The number of rotatable bonds is 6. The van der Waals surface area contributed by atoms with Gasteiger partial charge >= 0.3 is 0 Å². The molecular weight excluding hydrogens is 401 g/mol. The minimum absolute atomic E-state index is 0.0649. The van der Waals surface area contributed by atoms with Crippen LogP contribution in [-0.2, 0) is 9.59 Å². The molecule has 3 rings (SSSR count). The Morgan fingerprint density at radius 1 is 1.00 bits per heavy atom. The van der Waals surface area contributed by atoms with Gasteiger partial charge in [0.25, 0.3) is 5.91 Å². The molecule has 1 fully saturated rings. The van der Waals surface area contributed by atoms with Crippen molar-refractivity contribution in [1.29, 1.82) is 0 Å². The molecule has 2 aromatic carbocycles. The van der Waals surface area contributed by atoms with Crippen LogP contribution in [0.5, 0.6) is 5.75 Å². The van der Waals surface area contributed by atoms with Crippen LogP contribution in [0.4, 0.5) is 5.69 Å². The minimum atomic E-state index is -0.121. The Bertz CT molecular complexity index is 825. The summed E-state index contributed by atoms with van der Waals surface area (Å²) in [5, 5.41) is 3.77. The van der Waals surface area contributed by atoms with Crippen molar-refractivity contribution in [3.8, 4) is 5.75 Å². The second-order valence-corrected chi connectivity index (χ2v) is 7.28. The molecule has 28 heavy (non-hydrogen) atoms. The van der Waals surface area contributed by atoms with E-state index in [1.54, 1.807) is 23.1 Å². The zero-order chi connectivity index (χ0) is 19.9. The van der Waals surface area contributed by atoms with Crippen molar-refractivity contribution >= 4 is 40.7 Å². The predicted octanol–water partition coefficient (Wildman–Crippen LogP) is 3.16. The van der Waals surface area contributed by atoms with Gasteiger partial charge in [0.05, 0.1) is 11.6 Å². The fourth-order valence-electron chi connectivity index (χ4n) is 2.90. The number of nitrogens with one attached hydrogen (secondary N) is 1. The summed E-state index contributed by atoms with van der Waals surface area (Å²) in [6.45, 7) is 2.55. The first kappa shape index (κ1) is 20.5. The number of carbonyl (C=O) groups excluding carboxylic acids is 2. The van der Waals surface area contributed by atoms with Crippen LogP contribution in [0, 0.1) is 0 Å². The highest BCUT2D eigenvalue weighted by atomic mass is 35.5. The summed E-state index contributed by atoms with van der Waals surface area (Å²) in [6, 6.07) is 14.2. The van der Waals surface area contributed by atoms with E-state index in [-0.39, 0.29) is 18.4 Å². The van der Waals surface area contributed by atoms with Crippen molar-refractivity contribution in [2.45, 2.75) is 0 Å². The number of carbonyl (C=O) groups is 2. The van der Waals surface area contributed by atoms with Crippen LogP contribution in [0.2, 0.25) is 10.0 Å². The number of para-hydroxylation sites is 1. The normalized spacial score (nSPS) is 14.6. The summed E-state index contributed by atoms with van der Waals surface area (Å²) in [6.07, 6.45) is 0. The summed E-state index contributed by atoms with van der Waals surface area (Å²) in [5.41, 5.74) is 0.776. The maximum atomic E-state index is 12.4. The molecule has 0 saturated carbocycles. The number of halogens is 2. The lowest BCUT2D eigenvalue weighted by Gasteiger charge is -2.34. The number of hydrogen-bond acceptors (Lipinski definition) is 4. The molecule has 0 bridgehead atoms. The Hall–Kier alpha value is -2.28. The molecule has 0 radical (unpaired) electrons.